The van der Waals surface area contributed by atoms with Gasteiger partial charge in [-0.05, 0) is 31.9 Å². The van der Waals surface area contributed by atoms with Gasteiger partial charge in [-0.3, -0.25) is 4.79 Å². The number of aromatic nitrogens is 6. The van der Waals surface area contributed by atoms with Gasteiger partial charge in [-0.1, -0.05) is 0 Å². The van der Waals surface area contributed by atoms with Crippen molar-refractivity contribution in [3.63, 3.8) is 0 Å². The molecule has 0 radical (unpaired) electrons. The van der Waals surface area contributed by atoms with Crippen molar-refractivity contribution in [1.29, 1.82) is 0 Å². The van der Waals surface area contributed by atoms with Crippen molar-refractivity contribution in [1.82, 2.24) is 33.8 Å². The third-order valence-electron chi connectivity index (χ3n) is 5.37. The summed E-state index contributed by atoms with van der Waals surface area (Å²) in [5.41, 5.74) is 0.743. The van der Waals surface area contributed by atoms with Crippen LogP contribution in [-0.2, 0) is 20.1 Å². The second-order valence-electron chi connectivity index (χ2n) is 7.02. The molecule has 3 aromatic rings. The van der Waals surface area contributed by atoms with E-state index in [2.05, 4.69) is 26.7 Å². The van der Waals surface area contributed by atoms with Gasteiger partial charge < -0.3 is 18.6 Å². The Morgan fingerprint density at radius 3 is 2.67 bits per heavy atom. The molecular formula is C19H25N7O. The first kappa shape index (κ1) is 17.5. The van der Waals surface area contributed by atoms with E-state index in [-0.39, 0.29) is 5.91 Å². The molecule has 4 rings (SSSR count). The van der Waals surface area contributed by atoms with Crippen molar-refractivity contribution in [2.75, 3.05) is 13.1 Å². The zero-order valence-electron chi connectivity index (χ0n) is 15.8. The lowest BCUT2D eigenvalue weighted by Crippen LogP contribution is -2.39. The number of imidazole rings is 1. The van der Waals surface area contributed by atoms with Gasteiger partial charge in [0.1, 0.15) is 11.5 Å². The minimum atomic E-state index is 0.110. The molecule has 0 aromatic carbocycles. The van der Waals surface area contributed by atoms with Crippen molar-refractivity contribution < 1.29 is 4.79 Å². The van der Waals surface area contributed by atoms with E-state index in [0.29, 0.717) is 12.5 Å². The molecule has 1 aliphatic rings. The molecule has 0 spiro atoms. The highest BCUT2D eigenvalue weighted by Crippen LogP contribution is 2.28. The lowest BCUT2D eigenvalue weighted by atomic mass is 9.95. The van der Waals surface area contributed by atoms with E-state index in [9.17, 15) is 4.79 Å². The Morgan fingerprint density at radius 1 is 1.22 bits per heavy atom. The fraction of sp³-hybridized carbons (Fsp3) is 0.474. The van der Waals surface area contributed by atoms with Crippen LogP contribution < -0.4 is 0 Å². The van der Waals surface area contributed by atoms with Crippen molar-refractivity contribution in [2.24, 2.45) is 7.05 Å². The highest BCUT2D eigenvalue weighted by molar-refractivity contribution is 5.92. The molecule has 0 unspecified atom stereocenters. The van der Waals surface area contributed by atoms with Crippen LogP contribution in [0.2, 0.25) is 0 Å². The Kier molecular flexibility index (Phi) is 4.79. The minimum Gasteiger partial charge on any atom is -0.347 e. The maximum atomic E-state index is 12.7. The Labute approximate surface area is 158 Å². The Balaban J connectivity index is 1.44. The second kappa shape index (κ2) is 7.38. The maximum Gasteiger partial charge on any atom is 0.270 e. The summed E-state index contributed by atoms with van der Waals surface area (Å²) >= 11 is 0. The first-order valence-corrected chi connectivity index (χ1v) is 9.45. The number of piperidine rings is 1. The number of hydrogen-bond donors (Lipinski definition) is 0. The lowest BCUT2D eigenvalue weighted by Gasteiger charge is -2.31. The average molecular weight is 367 g/mol. The summed E-state index contributed by atoms with van der Waals surface area (Å²) in [6.07, 6.45) is 9.24. The van der Waals surface area contributed by atoms with Crippen LogP contribution in [0.15, 0.2) is 37.1 Å². The number of nitrogens with zero attached hydrogens (tertiary/aromatic N) is 7. The average Bonchev–Trinajstić information content (AvgIpc) is 3.43. The normalized spacial score (nSPS) is 15.4. The third kappa shape index (κ3) is 3.39. The molecule has 8 heteroatoms. The monoisotopic (exact) mass is 367 g/mol. The van der Waals surface area contributed by atoms with E-state index >= 15 is 0 Å². The number of amides is 1. The largest absolute Gasteiger partial charge is 0.347 e. The molecule has 8 nitrogen and oxygen atoms in total. The van der Waals surface area contributed by atoms with Gasteiger partial charge in [-0.15, -0.1) is 10.2 Å². The highest BCUT2D eigenvalue weighted by Gasteiger charge is 2.29. The Hall–Kier alpha value is -2.90. The summed E-state index contributed by atoms with van der Waals surface area (Å²) in [5.74, 6) is 2.44. The van der Waals surface area contributed by atoms with Crippen LogP contribution >= 0.6 is 0 Å². The van der Waals surface area contributed by atoms with Crippen molar-refractivity contribution in [2.45, 2.75) is 38.8 Å². The second-order valence-corrected chi connectivity index (χ2v) is 7.02. The predicted octanol–water partition coefficient (Wildman–Crippen LogP) is 1.90. The minimum absolute atomic E-state index is 0.110. The van der Waals surface area contributed by atoms with Gasteiger partial charge in [0.05, 0.1) is 12.9 Å². The summed E-state index contributed by atoms with van der Waals surface area (Å²) in [6, 6.07) is 3.79. The summed E-state index contributed by atoms with van der Waals surface area (Å²) < 4.78 is 6.09. The van der Waals surface area contributed by atoms with E-state index in [0.717, 1.165) is 49.8 Å². The molecule has 3 aromatic heterocycles. The summed E-state index contributed by atoms with van der Waals surface area (Å²) in [6.45, 7) is 5.14. The fourth-order valence-electron chi connectivity index (χ4n) is 3.84. The highest BCUT2D eigenvalue weighted by atomic mass is 16.2. The molecule has 0 N–H and O–H groups in total. The van der Waals surface area contributed by atoms with Crippen molar-refractivity contribution in [3.8, 4) is 0 Å². The molecule has 1 fully saturated rings. The zero-order valence-corrected chi connectivity index (χ0v) is 15.8. The third-order valence-corrected chi connectivity index (χ3v) is 5.37. The van der Waals surface area contributed by atoms with E-state index in [1.165, 1.54) is 0 Å². The smallest absolute Gasteiger partial charge is 0.270 e. The maximum absolute atomic E-state index is 12.7. The molecule has 0 saturated carbocycles. The SMILES string of the molecule is CCn1c(Cn2ccnc2)nnc1C1CCN(C(=O)c2cccn2C)CC1. The van der Waals surface area contributed by atoms with Gasteiger partial charge in [0, 0.05) is 51.2 Å². The lowest BCUT2D eigenvalue weighted by molar-refractivity contribution is 0.0700. The van der Waals surface area contributed by atoms with Gasteiger partial charge in [-0.25, -0.2) is 4.98 Å². The summed E-state index contributed by atoms with van der Waals surface area (Å²) in [4.78, 5) is 18.7. The number of carbonyl (C=O) groups is 1. The zero-order chi connectivity index (χ0) is 18.8. The van der Waals surface area contributed by atoms with Crippen LogP contribution in [0.1, 0.15) is 47.8 Å². The molecule has 4 heterocycles. The standard InChI is InChI=1S/C19H25N7O/c1-3-26-17(13-24-12-8-20-14-24)21-22-18(26)15-6-10-25(11-7-15)19(27)16-5-4-9-23(16)2/h4-5,8-9,12,14-15H,3,6-7,10-11,13H2,1-2H3. The number of likely N-dealkylation sites (tertiary alicyclic amines) is 1. The van der Waals surface area contributed by atoms with Gasteiger partial charge in [0.15, 0.2) is 5.82 Å². The number of hydrogen-bond acceptors (Lipinski definition) is 4. The van der Waals surface area contributed by atoms with E-state index in [1.807, 2.05) is 45.6 Å². The van der Waals surface area contributed by atoms with Gasteiger partial charge >= 0.3 is 0 Å². The van der Waals surface area contributed by atoms with Crippen LogP contribution in [0, 0.1) is 0 Å². The molecule has 0 bridgehead atoms. The summed E-state index contributed by atoms with van der Waals surface area (Å²) in [5, 5.41) is 8.92. The van der Waals surface area contributed by atoms with Crippen LogP contribution in [0.25, 0.3) is 0 Å². The molecule has 142 valence electrons. The molecule has 0 atom stereocenters. The van der Waals surface area contributed by atoms with Crippen LogP contribution in [0.5, 0.6) is 0 Å². The predicted molar refractivity (Wildman–Crippen MR) is 100 cm³/mol. The number of rotatable bonds is 5. The van der Waals surface area contributed by atoms with Crippen molar-refractivity contribution >= 4 is 5.91 Å². The fourth-order valence-corrected chi connectivity index (χ4v) is 3.84. The van der Waals surface area contributed by atoms with E-state index < -0.39 is 0 Å². The summed E-state index contributed by atoms with van der Waals surface area (Å²) in [7, 11) is 1.91. The first-order valence-electron chi connectivity index (χ1n) is 9.45. The number of carbonyl (C=O) groups excluding carboxylic acids is 1. The van der Waals surface area contributed by atoms with Gasteiger partial charge in [0.25, 0.3) is 5.91 Å². The first-order chi connectivity index (χ1) is 13.2. The number of aryl methyl sites for hydroxylation is 1. The molecule has 1 aliphatic heterocycles. The van der Waals surface area contributed by atoms with Crippen LogP contribution in [0.4, 0.5) is 0 Å². The Bertz CT molecular complexity index is 901. The van der Waals surface area contributed by atoms with E-state index in [1.54, 1.807) is 12.5 Å². The molecule has 0 aliphatic carbocycles. The van der Waals surface area contributed by atoms with Crippen molar-refractivity contribution in [3.05, 3.63) is 54.4 Å². The molecular weight excluding hydrogens is 342 g/mol. The molecule has 1 amide bonds. The quantitative estimate of drug-likeness (QED) is 0.690. The van der Waals surface area contributed by atoms with Crippen LogP contribution in [0.3, 0.4) is 0 Å². The van der Waals surface area contributed by atoms with Crippen LogP contribution in [-0.4, -0.2) is 52.8 Å². The van der Waals surface area contributed by atoms with E-state index in [4.69, 9.17) is 0 Å². The molecule has 1 saturated heterocycles. The van der Waals surface area contributed by atoms with Gasteiger partial charge in [0.2, 0.25) is 0 Å². The molecule has 27 heavy (non-hydrogen) atoms. The topological polar surface area (TPSA) is 73.8 Å². The Morgan fingerprint density at radius 2 is 2.04 bits per heavy atom. The van der Waals surface area contributed by atoms with Gasteiger partial charge in [-0.2, -0.15) is 0 Å².